The predicted octanol–water partition coefficient (Wildman–Crippen LogP) is 7.17. The van der Waals surface area contributed by atoms with E-state index in [9.17, 15) is 5.11 Å². The molecule has 1 heterocycles. The second-order valence-electron chi connectivity index (χ2n) is 9.73. The van der Waals surface area contributed by atoms with Crippen molar-refractivity contribution in [3.8, 4) is 0 Å². The molecule has 0 unspecified atom stereocenters. The largest absolute Gasteiger partial charge is 0.392 e. The Hall–Kier alpha value is -1.35. The third kappa shape index (κ3) is 11.5. The lowest BCUT2D eigenvalue weighted by molar-refractivity contribution is -0.535. The number of nitrogens with zero attached hydrogens (tertiary/aromatic N) is 2. The third-order valence-electron chi connectivity index (χ3n) is 6.96. The summed E-state index contributed by atoms with van der Waals surface area (Å²) in [5, 5.41) is 9.45. The minimum Gasteiger partial charge on any atom is -0.392 e. The summed E-state index contributed by atoms with van der Waals surface area (Å²) in [5.41, 5.74) is 1.38. The highest BCUT2D eigenvalue weighted by atomic mass is 16.3. The molecule has 0 saturated carbocycles. The van der Waals surface area contributed by atoms with Gasteiger partial charge in [0.2, 0.25) is 5.84 Å². The van der Waals surface area contributed by atoms with Crippen molar-refractivity contribution in [3.05, 3.63) is 35.9 Å². The monoisotopic (exact) mass is 443 g/mol. The van der Waals surface area contributed by atoms with Crippen LogP contribution in [0.3, 0.4) is 0 Å². The van der Waals surface area contributed by atoms with Gasteiger partial charge >= 0.3 is 0 Å². The molecule has 32 heavy (non-hydrogen) atoms. The molecule has 0 bridgehead atoms. The highest BCUT2D eigenvalue weighted by Crippen LogP contribution is 2.16. The summed E-state index contributed by atoms with van der Waals surface area (Å²) in [6.07, 6.45) is 22.3. The Labute approximate surface area is 198 Å². The van der Waals surface area contributed by atoms with Gasteiger partial charge in [0.1, 0.15) is 26.2 Å². The fourth-order valence-electron chi connectivity index (χ4n) is 5.01. The minimum atomic E-state index is 0.252. The maximum absolute atomic E-state index is 9.45. The molecular formula is C29H51N2O+. The van der Waals surface area contributed by atoms with Gasteiger partial charge in [0.25, 0.3) is 0 Å². The van der Waals surface area contributed by atoms with Crippen LogP contribution in [-0.4, -0.2) is 46.7 Å². The van der Waals surface area contributed by atoms with Gasteiger partial charge in [-0.05, 0) is 12.0 Å². The number of aliphatic hydroxyl groups is 1. The van der Waals surface area contributed by atoms with E-state index in [0.29, 0.717) is 0 Å². The zero-order chi connectivity index (χ0) is 22.7. The van der Waals surface area contributed by atoms with Gasteiger partial charge in [-0.1, -0.05) is 127 Å². The molecular weight excluding hydrogens is 392 g/mol. The molecule has 1 aromatic carbocycles. The second kappa shape index (κ2) is 18.1. The topological polar surface area (TPSA) is 26.5 Å². The molecule has 182 valence electrons. The van der Waals surface area contributed by atoms with Crippen LogP contribution in [0.25, 0.3) is 0 Å². The van der Waals surface area contributed by atoms with Gasteiger partial charge in [0.05, 0.1) is 6.61 Å². The number of unbranched alkanes of at least 4 members (excludes halogenated alkanes) is 14. The first-order valence-electron chi connectivity index (χ1n) is 13.9. The Bertz CT molecular complexity index is 598. The Balaban J connectivity index is 1.52. The quantitative estimate of drug-likeness (QED) is 0.171. The smallest absolute Gasteiger partial charge is 0.247 e. The van der Waals surface area contributed by atoms with E-state index in [1.807, 2.05) is 0 Å². The van der Waals surface area contributed by atoms with E-state index < -0.39 is 0 Å². The standard InChI is InChI=1S/C29H51N2O/c1-2-3-4-5-6-7-8-9-10-11-12-13-14-15-19-22-29-30(25-26-32)23-24-31(29)27-28-20-17-16-18-21-28/h16-18,20-21,32H,2-15,19,22-27H2,1H3/q+1. The van der Waals surface area contributed by atoms with E-state index in [1.165, 1.54) is 108 Å². The van der Waals surface area contributed by atoms with Crippen molar-refractivity contribution in [2.45, 2.75) is 116 Å². The van der Waals surface area contributed by atoms with E-state index in [1.54, 1.807) is 0 Å². The average molecular weight is 444 g/mol. The summed E-state index contributed by atoms with van der Waals surface area (Å²) >= 11 is 0. The first kappa shape index (κ1) is 26.9. The number of hydrogen-bond acceptors (Lipinski definition) is 2. The van der Waals surface area contributed by atoms with Crippen LogP contribution in [0.4, 0.5) is 0 Å². The van der Waals surface area contributed by atoms with Gasteiger partial charge in [0, 0.05) is 6.42 Å². The summed E-state index contributed by atoms with van der Waals surface area (Å²) in [6, 6.07) is 10.8. The van der Waals surface area contributed by atoms with E-state index in [0.717, 1.165) is 32.6 Å². The van der Waals surface area contributed by atoms with Crippen LogP contribution >= 0.6 is 0 Å². The van der Waals surface area contributed by atoms with E-state index in [4.69, 9.17) is 0 Å². The second-order valence-corrected chi connectivity index (χ2v) is 9.73. The van der Waals surface area contributed by atoms with Crippen LogP contribution in [0.15, 0.2) is 30.3 Å². The van der Waals surface area contributed by atoms with Gasteiger partial charge < -0.3 is 5.11 Å². The maximum Gasteiger partial charge on any atom is 0.247 e. The molecule has 0 saturated heterocycles. The predicted molar refractivity (Wildman–Crippen MR) is 138 cm³/mol. The Morgan fingerprint density at radius 1 is 0.750 bits per heavy atom. The normalized spacial score (nSPS) is 14.0. The van der Waals surface area contributed by atoms with Crippen LogP contribution in [0.1, 0.15) is 115 Å². The van der Waals surface area contributed by atoms with E-state index in [-0.39, 0.29) is 6.61 Å². The molecule has 0 amide bonds. The molecule has 2 rings (SSSR count). The van der Waals surface area contributed by atoms with Crippen LogP contribution in [0.5, 0.6) is 0 Å². The number of benzene rings is 1. The van der Waals surface area contributed by atoms with Crippen molar-refractivity contribution < 1.29 is 9.68 Å². The lowest BCUT2D eigenvalue weighted by atomic mass is 10.0. The van der Waals surface area contributed by atoms with Gasteiger partial charge in [-0.25, -0.2) is 0 Å². The van der Waals surface area contributed by atoms with Crippen LogP contribution < -0.4 is 0 Å². The van der Waals surface area contributed by atoms with Crippen molar-refractivity contribution in [2.75, 3.05) is 26.2 Å². The Morgan fingerprint density at radius 3 is 1.81 bits per heavy atom. The van der Waals surface area contributed by atoms with Gasteiger partial charge in [0.15, 0.2) is 0 Å². The van der Waals surface area contributed by atoms with Crippen molar-refractivity contribution in [3.63, 3.8) is 0 Å². The highest BCUT2D eigenvalue weighted by Gasteiger charge is 2.29. The maximum atomic E-state index is 9.45. The van der Waals surface area contributed by atoms with Crippen molar-refractivity contribution in [2.24, 2.45) is 0 Å². The average Bonchev–Trinajstić information content (AvgIpc) is 3.18. The molecule has 0 aliphatic carbocycles. The SMILES string of the molecule is CCCCCCCCCCCCCCCCCC1=[N+](Cc2ccccc2)CCN1CCO. The van der Waals surface area contributed by atoms with Gasteiger partial charge in [-0.15, -0.1) is 0 Å². The number of β-amino-alcohol motifs (C(OH)–C–C–N with tert-alkyl or cyclic N) is 1. The minimum absolute atomic E-state index is 0.252. The lowest BCUT2D eigenvalue weighted by Gasteiger charge is -2.12. The molecule has 0 radical (unpaired) electrons. The molecule has 0 fully saturated rings. The van der Waals surface area contributed by atoms with E-state index in [2.05, 4.69) is 46.7 Å². The molecule has 3 heteroatoms. The lowest BCUT2D eigenvalue weighted by Crippen LogP contribution is -2.32. The molecule has 1 N–H and O–H groups in total. The van der Waals surface area contributed by atoms with E-state index >= 15 is 0 Å². The highest BCUT2D eigenvalue weighted by molar-refractivity contribution is 5.78. The molecule has 1 aliphatic heterocycles. The number of aliphatic hydroxyl groups excluding tert-OH is 1. The van der Waals surface area contributed by atoms with Crippen molar-refractivity contribution in [1.29, 1.82) is 0 Å². The number of amidine groups is 1. The van der Waals surface area contributed by atoms with Gasteiger partial charge in [-0.3, -0.25) is 9.48 Å². The van der Waals surface area contributed by atoms with Crippen molar-refractivity contribution >= 4 is 5.84 Å². The number of rotatable bonds is 20. The molecule has 0 spiro atoms. The van der Waals surface area contributed by atoms with Gasteiger partial charge in [-0.2, -0.15) is 0 Å². The Kier molecular flexibility index (Phi) is 15.2. The summed E-state index contributed by atoms with van der Waals surface area (Å²) < 4.78 is 2.54. The molecule has 1 aromatic rings. The fraction of sp³-hybridized carbons (Fsp3) is 0.759. The van der Waals surface area contributed by atoms with Crippen LogP contribution in [0.2, 0.25) is 0 Å². The zero-order valence-corrected chi connectivity index (χ0v) is 21.1. The third-order valence-corrected chi connectivity index (χ3v) is 6.96. The number of hydrogen-bond donors (Lipinski definition) is 1. The van der Waals surface area contributed by atoms with Crippen LogP contribution in [0, 0.1) is 0 Å². The first-order chi connectivity index (χ1) is 15.8. The summed E-state index contributed by atoms with van der Waals surface area (Å²) in [6.45, 7) is 6.46. The fourth-order valence-corrected chi connectivity index (χ4v) is 5.01. The summed E-state index contributed by atoms with van der Waals surface area (Å²) in [7, 11) is 0. The molecule has 0 aromatic heterocycles. The molecule has 1 aliphatic rings. The zero-order valence-electron chi connectivity index (χ0n) is 21.1. The van der Waals surface area contributed by atoms with Crippen LogP contribution in [-0.2, 0) is 6.54 Å². The summed E-state index contributed by atoms with van der Waals surface area (Å²) in [5.74, 6) is 1.46. The molecule has 3 nitrogen and oxygen atoms in total. The molecule has 0 atom stereocenters. The first-order valence-corrected chi connectivity index (χ1v) is 13.9. The van der Waals surface area contributed by atoms with Crippen molar-refractivity contribution in [1.82, 2.24) is 4.90 Å². The summed E-state index contributed by atoms with van der Waals surface area (Å²) in [4.78, 5) is 2.41. The Morgan fingerprint density at radius 2 is 1.28 bits per heavy atom.